The third kappa shape index (κ3) is 2.90. The number of benzene rings is 2. The van der Waals surface area contributed by atoms with Crippen LogP contribution in [0.3, 0.4) is 0 Å². The Hall–Kier alpha value is -1.38. The average molecular weight is 294 g/mol. The smallest absolute Gasteiger partial charge is 0.0239 e. The van der Waals surface area contributed by atoms with Gasteiger partial charge in [0, 0.05) is 12.6 Å². The van der Waals surface area contributed by atoms with E-state index in [4.69, 9.17) is 0 Å². The van der Waals surface area contributed by atoms with E-state index in [0.717, 1.165) is 18.5 Å². The van der Waals surface area contributed by atoms with Gasteiger partial charge in [0.1, 0.15) is 0 Å². The lowest BCUT2D eigenvalue weighted by atomic mass is 9.88. The number of nitrogens with one attached hydrogen (secondary N) is 1. The predicted octanol–water partition coefficient (Wildman–Crippen LogP) is 3.80. The van der Waals surface area contributed by atoms with Gasteiger partial charge in [0.15, 0.2) is 0 Å². The molecule has 0 bridgehead atoms. The Morgan fingerprint density at radius 1 is 0.955 bits per heavy atom. The van der Waals surface area contributed by atoms with E-state index >= 15 is 0 Å². The second kappa shape index (κ2) is 6.39. The summed E-state index contributed by atoms with van der Waals surface area (Å²) in [6.07, 6.45) is 5.50. The highest BCUT2D eigenvalue weighted by molar-refractivity contribution is 5.85. The second-order valence-corrected chi connectivity index (χ2v) is 6.95. The van der Waals surface area contributed by atoms with Crippen LogP contribution in [0, 0.1) is 5.92 Å². The van der Waals surface area contributed by atoms with Crippen LogP contribution < -0.4 is 5.32 Å². The Labute approximate surface area is 133 Å². The molecular formula is C20H26N2. The third-order valence-electron chi connectivity index (χ3n) is 5.57. The zero-order chi connectivity index (χ0) is 14.8. The Bertz CT molecular complexity index is 617. The zero-order valence-electron chi connectivity index (χ0n) is 13.3. The van der Waals surface area contributed by atoms with E-state index in [1.54, 1.807) is 0 Å². The van der Waals surface area contributed by atoms with Crippen LogP contribution in [0.4, 0.5) is 0 Å². The van der Waals surface area contributed by atoms with Gasteiger partial charge in [0.25, 0.3) is 0 Å². The lowest BCUT2D eigenvalue weighted by molar-refractivity contribution is 0.158. The summed E-state index contributed by atoms with van der Waals surface area (Å²) in [5.41, 5.74) is 1.48. The summed E-state index contributed by atoms with van der Waals surface area (Å²) in [5, 5.41) is 6.48. The van der Waals surface area contributed by atoms with Crippen LogP contribution in [-0.4, -0.2) is 30.6 Å². The summed E-state index contributed by atoms with van der Waals surface area (Å²) in [7, 11) is 0. The molecule has 1 N–H and O–H groups in total. The number of hydrogen-bond acceptors (Lipinski definition) is 2. The molecule has 1 unspecified atom stereocenters. The van der Waals surface area contributed by atoms with Crippen molar-refractivity contribution in [3.63, 3.8) is 0 Å². The first kappa shape index (κ1) is 14.2. The molecule has 0 radical (unpaired) electrons. The number of nitrogens with zero attached hydrogens (tertiary/aromatic N) is 1. The lowest BCUT2D eigenvalue weighted by Gasteiger charge is -2.35. The van der Waals surface area contributed by atoms with Crippen molar-refractivity contribution < 1.29 is 0 Å². The molecule has 2 saturated heterocycles. The van der Waals surface area contributed by atoms with E-state index in [-0.39, 0.29) is 0 Å². The van der Waals surface area contributed by atoms with Gasteiger partial charge in [-0.05, 0) is 67.6 Å². The molecule has 0 saturated carbocycles. The minimum Gasteiger partial charge on any atom is -0.314 e. The van der Waals surface area contributed by atoms with Crippen LogP contribution in [-0.2, 0) is 6.54 Å². The molecule has 2 aromatic carbocycles. The average Bonchev–Trinajstić information content (AvgIpc) is 3.10. The van der Waals surface area contributed by atoms with Crippen molar-refractivity contribution in [3.05, 3.63) is 48.0 Å². The largest absolute Gasteiger partial charge is 0.314 e. The SMILES string of the molecule is c1ccc2c(CN3CCC(C4CCCN4)CC3)cccc2c1. The molecule has 0 aliphatic carbocycles. The van der Waals surface area contributed by atoms with Gasteiger partial charge in [0.05, 0.1) is 0 Å². The molecule has 116 valence electrons. The van der Waals surface area contributed by atoms with Crippen LogP contribution in [0.5, 0.6) is 0 Å². The number of piperidine rings is 1. The van der Waals surface area contributed by atoms with E-state index < -0.39 is 0 Å². The molecule has 1 atom stereocenters. The topological polar surface area (TPSA) is 15.3 Å². The van der Waals surface area contributed by atoms with Gasteiger partial charge in [-0.2, -0.15) is 0 Å². The monoisotopic (exact) mass is 294 g/mol. The van der Waals surface area contributed by atoms with Crippen LogP contribution >= 0.6 is 0 Å². The van der Waals surface area contributed by atoms with Gasteiger partial charge in [0.2, 0.25) is 0 Å². The van der Waals surface area contributed by atoms with Crippen LogP contribution in [0.2, 0.25) is 0 Å². The second-order valence-electron chi connectivity index (χ2n) is 6.95. The quantitative estimate of drug-likeness (QED) is 0.926. The summed E-state index contributed by atoms with van der Waals surface area (Å²) in [6, 6.07) is 16.3. The molecule has 2 heterocycles. The molecule has 2 heteroatoms. The van der Waals surface area contributed by atoms with Crippen molar-refractivity contribution in [2.75, 3.05) is 19.6 Å². The van der Waals surface area contributed by atoms with Gasteiger partial charge in [-0.15, -0.1) is 0 Å². The van der Waals surface area contributed by atoms with Crippen molar-refractivity contribution in [2.45, 2.75) is 38.3 Å². The van der Waals surface area contributed by atoms with Crippen LogP contribution in [0.1, 0.15) is 31.2 Å². The van der Waals surface area contributed by atoms with Crippen LogP contribution in [0.25, 0.3) is 10.8 Å². The molecule has 0 aromatic heterocycles. The van der Waals surface area contributed by atoms with Gasteiger partial charge < -0.3 is 5.32 Å². The van der Waals surface area contributed by atoms with Gasteiger partial charge in [-0.1, -0.05) is 42.5 Å². The van der Waals surface area contributed by atoms with Gasteiger partial charge in [-0.3, -0.25) is 4.90 Å². The Balaban J connectivity index is 1.41. The number of hydrogen-bond donors (Lipinski definition) is 1. The predicted molar refractivity (Wildman–Crippen MR) is 93.0 cm³/mol. The van der Waals surface area contributed by atoms with Crippen LogP contribution in [0.15, 0.2) is 42.5 Å². The highest BCUT2D eigenvalue weighted by atomic mass is 15.1. The maximum absolute atomic E-state index is 3.70. The molecular weight excluding hydrogens is 268 g/mol. The van der Waals surface area contributed by atoms with Gasteiger partial charge >= 0.3 is 0 Å². The summed E-state index contributed by atoms with van der Waals surface area (Å²) in [4.78, 5) is 2.65. The molecule has 4 rings (SSSR count). The van der Waals surface area contributed by atoms with E-state index in [9.17, 15) is 0 Å². The van der Waals surface area contributed by atoms with Gasteiger partial charge in [-0.25, -0.2) is 0 Å². The first-order valence-corrected chi connectivity index (χ1v) is 8.82. The highest BCUT2D eigenvalue weighted by Gasteiger charge is 2.28. The lowest BCUT2D eigenvalue weighted by Crippen LogP contribution is -2.40. The minimum atomic E-state index is 0.805. The molecule has 2 aliphatic heterocycles. The van der Waals surface area contributed by atoms with Crippen molar-refractivity contribution in [1.82, 2.24) is 10.2 Å². The molecule has 2 fully saturated rings. The number of likely N-dealkylation sites (tertiary alicyclic amines) is 1. The maximum atomic E-state index is 3.70. The van der Waals surface area contributed by atoms with Crippen molar-refractivity contribution in [2.24, 2.45) is 5.92 Å². The first-order valence-electron chi connectivity index (χ1n) is 8.82. The summed E-state index contributed by atoms with van der Waals surface area (Å²) in [6.45, 7) is 4.85. The fourth-order valence-electron chi connectivity index (χ4n) is 4.30. The van der Waals surface area contributed by atoms with E-state index in [0.29, 0.717) is 0 Å². The normalized spacial score (nSPS) is 24.1. The molecule has 2 aliphatic rings. The highest BCUT2D eigenvalue weighted by Crippen LogP contribution is 2.27. The van der Waals surface area contributed by atoms with Crippen molar-refractivity contribution in [3.8, 4) is 0 Å². The first-order chi connectivity index (χ1) is 10.9. The summed E-state index contributed by atoms with van der Waals surface area (Å²) >= 11 is 0. The molecule has 22 heavy (non-hydrogen) atoms. The molecule has 2 nitrogen and oxygen atoms in total. The van der Waals surface area contributed by atoms with E-state index in [1.165, 1.54) is 61.7 Å². The number of rotatable bonds is 3. The Morgan fingerprint density at radius 2 is 1.77 bits per heavy atom. The fraction of sp³-hybridized carbons (Fsp3) is 0.500. The minimum absolute atomic E-state index is 0.805. The molecule has 0 amide bonds. The fourth-order valence-corrected chi connectivity index (χ4v) is 4.30. The molecule has 0 spiro atoms. The maximum Gasteiger partial charge on any atom is 0.0239 e. The Kier molecular flexibility index (Phi) is 4.13. The van der Waals surface area contributed by atoms with Crippen molar-refractivity contribution >= 4 is 10.8 Å². The van der Waals surface area contributed by atoms with E-state index in [1.807, 2.05) is 0 Å². The standard InChI is InChI=1S/C20H26N2/c1-2-8-19-16(5-1)6-3-7-18(19)15-22-13-10-17(11-14-22)20-9-4-12-21-20/h1-3,5-8,17,20-21H,4,9-15H2. The zero-order valence-corrected chi connectivity index (χ0v) is 13.3. The summed E-state index contributed by atoms with van der Waals surface area (Å²) < 4.78 is 0. The van der Waals surface area contributed by atoms with Crippen molar-refractivity contribution in [1.29, 1.82) is 0 Å². The molecule has 2 aromatic rings. The summed E-state index contributed by atoms with van der Waals surface area (Å²) in [5.74, 6) is 0.909. The third-order valence-corrected chi connectivity index (χ3v) is 5.57. The number of fused-ring (bicyclic) bond motifs is 1. The van der Waals surface area contributed by atoms with E-state index in [2.05, 4.69) is 52.7 Å². The Morgan fingerprint density at radius 3 is 2.59 bits per heavy atom.